The molecule has 2 fully saturated rings. The molecule has 2 atom stereocenters. The van der Waals surface area contributed by atoms with E-state index in [9.17, 15) is 4.79 Å². The van der Waals surface area contributed by atoms with Gasteiger partial charge in [-0.3, -0.25) is 4.79 Å². The second kappa shape index (κ2) is 4.77. The number of nitrogens with zero attached hydrogens (tertiary/aromatic N) is 1. The van der Waals surface area contributed by atoms with Gasteiger partial charge in [-0.25, -0.2) is 0 Å². The van der Waals surface area contributed by atoms with E-state index in [2.05, 4.69) is 36.3 Å². The molecule has 0 spiro atoms. The topological polar surface area (TPSA) is 58.4 Å². The average Bonchev–Trinajstić information content (AvgIpc) is 2.62. The number of piperidine rings is 1. The van der Waals surface area contributed by atoms with Gasteiger partial charge in [-0.15, -0.1) is 0 Å². The molecule has 2 saturated heterocycles. The van der Waals surface area contributed by atoms with Gasteiger partial charge in [0.25, 0.3) is 0 Å². The Morgan fingerprint density at radius 1 is 1.35 bits per heavy atom. The van der Waals surface area contributed by atoms with Gasteiger partial charge in [0.1, 0.15) is 5.54 Å². The predicted octanol–water partition coefficient (Wildman–Crippen LogP) is 1.89. The molecule has 20 heavy (non-hydrogen) atoms. The number of carbonyl (C=O) groups is 1. The molecule has 0 aliphatic carbocycles. The van der Waals surface area contributed by atoms with Crippen LogP contribution in [0.3, 0.4) is 0 Å². The summed E-state index contributed by atoms with van der Waals surface area (Å²) < 4.78 is 0. The summed E-state index contributed by atoms with van der Waals surface area (Å²) in [4.78, 5) is 14.5. The zero-order valence-corrected chi connectivity index (χ0v) is 12.2. The first-order valence-corrected chi connectivity index (χ1v) is 7.37. The smallest absolute Gasteiger partial charge is 0.243 e. The van der Waals surface area contributed by atoms with Crippen LogP contribution in [0.25, 0.3) is 0 Å². The van der Waals surface area contributed by atoms with Gasteiger partial charge in [-0.2, -0.15) is 0 Å². The molecular formula is C16H23N3O. The molecule has 2 aliphatic heterocycles. The summed E-state index contributed by atoms with van der Waals surface area (Å²) in [5.41, 5.74) is 7.35. The van der Waals surface area contributed by atoms with Crippen molar-refractivity contribution >= 4 is 11.6 Å². The average molecular weight is 273 g/mol. The minimum atomic E-state index is -0.591. The van der Waals surface area contributed by atoms with Gasteiger partial charge in [0, 0.05) is 17.8 Å². The lowest BCUT2D eigenvalue weighted by atomic mass is 9.82. The van der Waals surface area contributed by atoms with Crippen LogP contribution in [0.4, 0.5) is 5.69 Å². The van der Waals surface area contributed by atoms with E-state index in [-0.39, 0.29) is 5.91 Å². The molecule has 1 aromatic rings. The molecule has 2 bridgehead atoms. The quantitative estimate of drug-likeness (QED) is 0.884. The summed E-state index contributed by atoms with van der Waals surface area (Å²) >= 11 is 0. The minimum absolute atomic E-state index is 0.219. The van der Waals surface area contributed by atoms with Crippen LogP contribution in [0.2, 0.25) is 0 Å². The summed E-state index contributed by atoms with van der Waals surface area (Å²) in [5.74, 6) is -0.219. The number of carbonyl (C=O) groups excluding carboxylic acids is 1. The lowest BCUT2D eigenvalue weighted by molar-refractivity contribution is -0.124. The lowest BCUT2D eigenvalue weighted by Gasteiger charge is -2.44. The van der Waals surface area contributed by atoms with E-state index in [0.29, 0.717) is 12.1 Å². The van der Waals surface area contributed by atoms with Gasteiger partial charge in [0.15, 0.2) is 0 Å². The van der Waals surface area contributed by atoms with Gasteiger partial charge >= 0.3 is 0 Å². The second-order valence-electron chi connectivity index (χ2n) is 6.40. The molecule has 2 heterocycles. The van der Waals surface area contributed by atoms with E-state index >= 15 is 0 Å². The molecule has 0 aromatic heterocycles. The highest BCUT2D eigenvalue weighted by Crippen LogP contribution is 2.41. The normalized spacial score (nSPS) is 33.1. The third-order valence-electron chi connectivity index (χ3n) is 5.03. The van der Waals surface area contributed by atoms with E-state index in [1.54, 1.807) is 0 Å². The first-order chi connectivity index (χ1) is 9.50. The van der Waals surface area contributed by atoms with Crippen molar-refractivity contribution < 1.29 is 4.79 Å². The molecule has 2 aliphatic rings. The Balaban J connectivity index is 1.88. The third-order valence-corrected chi connectivity index (χ3v) is 5.03. The maximum Gasteiger partial charge on any atom is 0.243 e. The molecule has 4 heteroatoms. The Morgan fingerprint density at radius 2 is 2.00 bits per heavy atom. The summed E-state index contributed by atoms with van der Waals surface area (Å²) in [5, 5.41) is 3.45. The van der Waals surface area contributed by atoms with E-state index in [1.165, 1.54) is 18.4 Å². The van der Waals surface area contributed by atoms with Crippen molar-refractivity contribution in [2.45, 2.75) is 50.2 Å². The van der Waals surface area contributed by atoms with Crippen LogP contribution in [-0.2, 0) is 4.79 Å². The van der Waals surface area contributed by atoms with Gasteiger partial charge in [0.05, 0.1) is 0 Å². The molecule has 3 N–H and O–H groups in total. The molecule has 1 aromatic carbocycles. The Bertz CT molecular complexity index is 514. The molecule has 3 rings (SSSR count). The number of nitrogens with two attached hydrogens (primary N) is 1. The van der Waals surface area contributed by atoms with Crippen LogP contribution in [0.15, 0.2) is 24.3 Å². The largest absolute Gasteiger partial charge is 0.371 e. The van der Waals surface area contributed by atoms with E-state index in [4.69, 9.17) is 5.73 Å². The highest BCUT2D eigenvalue weighted by atomic mass is 16.1. The zero-order chi connectivity index (χ0) is 14.3. The summed E-state index contributed by atoms with van der Waals surface area (Å²) in [6, 6.07) is 9.09. The van der Waals surface area contributed by atoms with E-state index in [0.717, 1.165) is 18.5 Å². The van der Waals surface area contributed by atoms with Crippen molar-refractivity contribution in [1.29, 1.82) is 0 Å². The fourth-order valence-electron chi connectivity index (χ4n) is 3.83. The van der Waals surface area contributed by atoms with E-state index < -0.39 is 5.54 Å². The lowest BCUT2D eigenvalue weighted by Crippen LogP contribution is -2.59. The van der Waals surface area contributed by atoms with Gasteiger partial charge < -0.3 is 16.0 Å². The number of nitrogens with one attached hydrogen (secondary N) is 1. The van der Waals surface area contributed by atoms with Crippen molar-refractivity contribution in [2.75, 3.05) is 12.4 Å². The van der Waals surface area contributed by atoms with Crippen molar-refractivity contribution in [1.82, 2.24) is 4.90 Å². The standard InChI is InChI=1S/C16H23N3O/c1-11-4-3-5-12(8-11)18-16(15(17)20)9-13-6-7-14(10-16)19(13)2/h3-5,8,13-14,18H,6-7,9-10H2,1-2H3,(H2,17,20). The molecule has 0 radical (unpaired) electrons. The van der Waals surface area contributed by atoms with Crippen molar-refractivity contribution in [3.8, 4) is 0 Å². The summed E-state index contributed by atoms with van der Waals surface area (Å²) in [6.45, 7) is 2.06. The van der Waals surface area contributed by atoms with Gasteiger partial charge in [-0.1, -0.05) is 12.1 Å². The number of fused-ring (bicyclic) bond motifs is 2. The van der Waals surface area contributed by atoms with Crippen molar-refractivity contribution in [3.63, 3.8) is 0 Å². The number of hydrogen-bond donors (Lipinski definition) is 2. The number of rotatable bonds is 3. The molecule has 0 saturated carbocycles. The Labute approximate surface area is 120 Å². The molecular weight excluding hydrogens is 250 g/mol. The van der Waals surface area contributed by atoms with Crippen LogP contribution in [0.5, 0.6) is 0 Å². The van der Waals surface area contributed by atoms with Crippen LogP contribution >= 0.6 is 0 Å². The van der Waals surface area contributed by atoms with Gasteiger partial charge in [0.2, 0.25) is 5.91 Å². The van der Waals surface area contributed by atoms with Crippen molar-refractivity contribution in [2.24, 2.45) is 5.73 Å². The fourth-order valence-corrected chi connectivity index (χ4v) is 3.83. The minimum Gasteiger partial charge on any atom is -0.371 e. The first-order valence-electron chi connectivity index (χ1n) is 7.37. The maximum absolute atomic E-state index is 12.1. The van der Waals surface area contributed by atoms with Crippen LogP contribution < -0.4 is 11.1 Å². The number of hydrogen-bond acceptors (Lipinski definition) is 3. The highest BCUT2D eigenvalue weighted by molar-refractivity contribution is 5.88. The summed E-state index contributed by atoms with van der Waals surface area (Å²) in [7, 11) is 2.17. The maximum atomic E-state index is 12.1. The highest BCUT2D eigenvalue weighted by Gasteiger charge is 2.50. The van der Waals surface area contributed by atoms with Crippen LogP contribution in [-0.4, -0.2) is 35.5 Å². The van der Waals surface area contributed by atoms with Crippen molar-refractivity contribution in [3.05, 3.63) is 29.8 Å². The SMILES string of the molecule is Cc1cccc(NC2(C(N)=O)CC3CCC(C2)N3C)c1. The summed E-state index contributed by atoms with van der Waals surface area (Å²) in [6.07, 6.45) is 3.96. The Kier molecular flexibility index (Phi) is 3.21. The predicted molar refractivity (Wildman–Crippen MR) is 80.5 cm³/mol. The number of aryl methyl sites for hydroxylation is 1. The Hall–Kier alpha value is -1.55. The number of anilines is 1. The monoisotopic (exact) mass is 273 g/mol. The number of primary amides is 1. The van der Waals surface area contributed by atoms with E-state index in [1.807, 2.05) is 12.1 Å². The molecule has 4 nitrogen and oxygen atoms in total. The first kappa shape index (κ1) is 13.4. The van der Waals surface area contributed by atoms with Crippen LogP contribution in [0.1, 0.15) is 31.2 Å². The molecule has 108 valence electrons. The fraction of sp³-hybridized carbons (Fsp3) is 0.562. The number of benzene rings is 1. The van der Waals surface area contributed by atoms with Gasteiger partial charge in [-0.05, 0) is 57.4 Å². The second-order valence-corrected chi connectivity index (χ2v) is 6.40. The zero-order valence-electron chi connectivity index (χ0n) is 12.2. The molecule has 2 unspecified atom stereocenters. The third kappa shape index (κ3) is 2.18. The number of amides is 1. The Morgan fingerprint density at radius 3 is 2.55 bits per heavy atom. The molecule has 1 amide bonds. The van der Waals surface area contributed by atoms with Crippen LogP contribution in [0, 0.1) is 6.92 Å².